The van der Waals surface area contributed by atoms with Gasteiger partial charge in [0.05, 0.1) is 11.9 Å². The van der Waals surface area contributed by atoms with Crippen molar-refractivity contribution in [1.29, 1.82) is 0 Å². The molecular weight excluding hydrogens is 200 g/mol. The van der Waals surface area contributed by atoms with Gasteiger partial charge in [-0.15, -0.1) is 0 Å². The van der Waals surface area contributed by atoms with Crippen LogP contribution >= 0.6 is 11.8 Å². The molecule has 0 amide bonds. The van der Waals surface area contributed by atoms with Gasteiger partial charge in [0.25, 0.3) is 0 Å². The van der Waals surface area contributed by atoms with Crippen LogP contribution in [0.5, 0.6) is 0 Å². The first-order valence-corrected chi connectivity index (χ1v) is 5.37. The van der Waals surface area contributed by atoms with Gasteiger partial charge in [0, 0.05) is 0 Å². The van der Waals surface area contributed by atoms with Gasteiger partial charge in [0.2, 0.25) is 0 Å². The standard InChI is InChI=1S/C5H11NO2S.H3NOS/c1-9-3-2-4(6)5(7)8;1-3-2/h4H,2-3,6H2,1H3,(H,7,8);3H,(H2,1,2)/t4-;/m0./s1. The number of carbonyl (C=O) groups is 1. The average Bonchev–Trinajstić information content (AvgIpc) is 2.01. The predicted octanol–water partition coefficient (Wildman–Crippen LogP) is -1.04. The number of thiol groups is 1. The van der Waals surface area contributed by atoms with Gasteiger partial charge in [-0.3, -0.25) is 9.93 Å². The van der Waals surface area contributed by atoms with E-state index in [1.807, 2.05) is 6.26 Å². The Morgan fingerprint density at radius 3 is 2.42 bits per heavy atom. The molecule has 74 valence electrons. The van der Waals surface area contributed by atoms with Crippen molar-refractivity contribution >= 4 is 29.6 Å². The van der Waals surface area contributed by atoms with Gasteiger partial charge in [0.1, 0.15) is 6.04 Å². The molecule has 0 rings (SSSR count). The summed E-state index contributed by atoms with van der Waals surface area (Å²) in [7, 11) is 0. The van der Waals surface area contributed by atoms with Crippen LogP contribution in [0.25, 0.3) is 0 Å². The third-order valence-corrected chi connectivity index (χ3v) is 1.59. The second-order valence-corrected chi connectivity index (χ2v) is 3.03. The smallest absolute Gasteiger partial charge is 0.320 e. The Morgan fingerprint density at radius 2 is 2.17 bits per heavy atom. The van der Waals surface area contributed by atoms with Gasteiger partial charge in [-0.2, -0.15) is 11.8 Å². The molecule has 0 fully saturated rings. The van der Waals surface area contributed by atoms with Gasteiger partial charge in [0.15, 0.2) is 0 Å². The summed E-state index contributed by atoms with van der Waals surface area (Å²) in [4.78, 5) is 10.1. The maximum Gasteiger partial charge on any atom is 0.320 e. The van der Waals surface area contributed by atoms with Crippen molar-refractivity contribution in [2.75, 3.05) is 12.0 Å². The zero-order chi connectivity index (χ0) is 9.98. The van der Waals surface area contributed by atoms with E-state index in [2.05, 4.69) is 5.14 Å². The van der Waals surface area contributed by atoms with Crippen LogP contribution in [-0.2, 0) is 16.6 Å². The fourth-order valence-electron chi connectivity index (χ4n) is 0.368. The van der Waals surface area contributed by atoms with E-state index >= 15 is 0 Å². The SMILES string of the molecule is CSCC[C@H](N)C(=O)O.N[SH]=O. The molecule has 7 heteroatoms. The van der Waals surface area contributed by atoms with Crippen LogP contribution in [-0.4, -0.2) is 33.3 Å². The van der Waals surface area contributed by atoms with E-state index in [1.54, 1.807) is 11.8 Å². The molecule has 0 aromatic rings. The molecule has 0 aliphatic heterocycles. The molecule has 0 spiro atoms. The van der Waals surface area contributed by atoms with Gasteiger partial charge >= 0.3 is 5.97 Å². The molecule has 5 nitrogen and oxygen atoms in total. The molecule has 0 aromatic heterocycles. The third kappa shape index (κ3) is 12.6. The molecule has 1 atom stereocenters. The fourth-order valence-corrected chi connectivity index (χ4v) is 0.858. The Morgan fingerprint density at radius 1 is 1.75 bits per heavy atom. The van der Waals surface area contributed by atoms with Crippen LogP contribution in [0.3, 0.4) is 0 Å². The molecule has 0 aromatic carbocycles. The maximum atomic E-state index is 10.1. The number of carboxylic acid groups (broad SMARTS) is 1. The molecule has 0 saturated carbocycles. The van der Waals surface area contributed by atoms with Crippen molar-refractivity contribution in [3.05, 3.63) is 0 Å². The highest BCUT2D eigenvalue weighted by Crippen LogP contribution is 1.97. The van der Waals surface area contributed by atoms with Crippen LogP contribution in [0.4, 0.5) is 0 Å². The highest BCUT2D eigenvalue weighted by Gasteiger charge is 2.08. The number of nitrogens with two attached hydrogens (primary N) is 2. The zero-order valence-corrected chi connectivity index (χ0v) is 8.48. The largest absolute Gasteiger partial charge is 0.480 e. The summed E-state index contributed by atoms with van der Waals surface area (Å²) in [5, 5.41) is 12.5. The van der Waals surface area contributed by atoms with E-state index < -0.39 is 12.0 Å². The van der Waals surface area contributed by atoms with E-state index in [0.29, 0.717) is 6.42 Å². The topological polar surface area (TPSA) is 106 Å². The van der Waals surface area contributed by atoms with E-state index in [4.69, 9.17) is 15.0 Å². The van der Waals surface area contributed by atoms with Crippen LogP contribution in [0.15, 0.2) is 0 Å². The minimum absolute atomic E-state index is 0.333. The molecule has 5 N–H and O–H groups in total. The van der Waals surface area contributed by atoms with Crippen molar-refractivity contribution < 1.29 is 14.1 Å². The Hall–Kier alpha value is -0.110. The summed E-state index contributed by atoms with van der Waals surface area (Å²) in [6, 6.07) is -0.683. The lowest BCUT2D eigenvalue weighted by atomic mass is 10.2. The van der Waals surface area contributed by atoms with Crippen LogP contribution in [0.2, 0.25) is 0 Å². The summed E-state index contributed by atoms with van der Waals surface area (Å²) < 4.78 is 8.68. The first kappa shape index (κ1) is 14.4. The molecule has 0 unspecified atom stereocenters. The molecule has 0 bridgehead atoms. The van der Waals surface area contributed by atoms with Gasteiger partial charge in [-0.25, -0.2) is 4.21 Å². The van der Waals surface area contributed by atoms with Crippen molar-refractivity contribution in [2.24, 2.45) is 10.9 Å². The van der Waals surface area contributed by atoms with Crippen molar-refractivity contribution in [2.45, 2.75) is 12.5 Å². The minimum Gasteiger partial charge on any atom is -0.480 e. The molecule has 0 radical (unpaired) electrons. The lowest BCUT2D eigenvalue weighted by molar-refractivity contribution is -0.138. The first-order valence-electron chi connectivity index (χ1n) is 3.10. The summed E-state index contributed by atoms with van der Waals surface area (Å²) in [6.45, 7) is 0. The quantitative estimate of drug-likeness (QED) is 0.447. The highest BCUT2D eigenvalue weighted by molar-refractivity contribution is 7.98. The third-order valence-electron chi connectivity index (χ3n) is 0.950. The average molecular weight is 214 g/mol. The summed E-state index contributed by atoms with van der Waals surface area (Å²) in [6.07, 6.45) is 2.48. The predicted molar refractivity (Wildman–Crippen MR) is 52.3 cm³/mol. The second-order valence-electron chi connectivity index (χ2n) is 1.83. The summed E-state index contributed by atoms with van der Waals surface area (Å²) in [5.41, 5.74) is 5.19. The maximum absolute atomic E-state index is 10.1. The Bertz CT molecular complexity index is 134. The Kier molecular flexibility index (Phi) is 13.1. The number of thioether (sulfide) groups is 1. The lowest BCUT2D eigenvalue weighted by Gasteiger charge is -2.02. The van der Waals surface area contributed by atoms with E-state index in [0.717, 1.165) is 5.75 Å². The lowest BCUT2D eigenvalue weighted by Crippen LogP contribution is -2.30. The van der Waals surface area contributed by atoms with Crippen molar-refractivity contribution in [3.8, 4) is 0 Å². The number of aliphatic carboxylic acids is 1. The van der Waals surface area contributed by atoms with Crippen molar-refractivity contribution in [1.82, 2.24) is 0 Å². The zero-order valence-electron chi connectivity index (χ0n) is 6.77. The monoisotopic (exact) mass is 214 g/mol. The van der Waals surface area contributed by atoms with Gasteiger partial charge in [-0.05, 0) is 18.4 Å². The van der Waals surface area contributed by atoms with Crippen LogP contribution in [0, 0.1) is 0 Å². The number of rotatable bonds is 4. The van der Waals surface area contributed by atoms with E-state index in [-0.39, 0.29) is 11.9 Å². The first-order chi connectivity index (χ1) is 5.59. The molecule has 0 saturated heterocycles. The fraction of sp³-hybridized carbons (Fsp3) is 0.800. The number of hydrogen-bond donors (Lipinski definition) is 4. The van der Waals surface area contributed by atoms with Gasteiger partial charge in [-0.1, -0.05) is 0 Å². The van der Waals surface area contributed by atoms with Crippen LogP contribution < -0.4 is 10.9 Å². The Balaban J connectivity index is 0. The number of carboxylic acids is 1. The van der Waals surface area contributed by atoms with Crippen molar-refractivity contribution in [3.63, 3.8) is 0 Å². The second kappa shape index (κ2) is 10.9. The molecular formula is C5H14N2O3S2. The molecule has 0 aliphatic carbocycles. The molecule has 0 heterocycles. The minimum atomic E-state index is -0.913. The number of hydrogen-bond acceptors (Lipinski definition) is 4. The molecule has 0 aliphatic rings. The van der Waals surface area contributed by atoms with E-state index in [1.165, 1.54) is 0 Å². The summed E-state index contributed by atoms with van der Waals surface area (Å²) >= 11 is 1.27. The van der Waals surface area contributed by atoms with Gasteiger partial charge < -0.3 is 10.8 Å². The Labute approximate surface area is 79.5 Å². The van der Waals surface area contributed by atoms with Crippen LogP contribution in [0.1, 0.15) is 6.42 Å². The molecule has 12 heavy (non-hydrogen) atoms. The highest BCUT2D eigenvalue weighted by atomic mass is 32.2. The summed E-state index contributed by atoms with van der Waals surface area (Å²) in [5.74, 6) is -0.1000. The van der Waals surface area contributed by atoms with E-state index in [9.17, 15) is 4.79 Å². The normalized spacial score (nSPS) is 11.2.